The van der Waals surface area contributed by atoms with Gasteiger partial charge in [-0.05, 0) is 12.1 Å². The number of hydrogen-bond acceptors (Lipinski definition) is 6. The fourth-order valence-electron chi connectivity index (χ4n) is 2.50. The van der Waals surface area contributed by atoms with Crippen LogP contribution < -0.4 is 20.7 Å². The number of rotatable bonds is 4. The Morgan fingerprint density at radius 3 is 3.10 bits per heavy atom. The number of thioether (sulfide) groups is 1. The molecule has 0 saturated carbocycles. The van der Waals surface area contributed by atoms with Crippen LogP contribution in [-0.2, 0) is 7.05 Å². The molecule has 3 N–H and O–H groups in total. The normalized spacial score (nSPS) is 18.7. The highest BCUT2D eigenvalue weighted by molar-refractivity contribution is 7.99. The van der Waals surface area contributed by atoms with Crippen LogP contribution >= 0.6 is 11.8 Å². The molecule has 6 nitrogen and oxygen atoms in total. The summed E-state index contributed by atoms with van der Waals surface area (Å²) >= 11 is 1.77. The number of nitrogens with zero attached hydrogens (tertiary/aromatic N) is 2. The topological polar surface area (TPSA) is 74.3 Å². The molecule has 0 spiro atoms. The Morgan fingerprint density at radius 1 is 1.52 bits per heavy atom. The zero-order chi connectivity index (χ0) is 14.8. The van der Waals surface area contributed by atoms with E-state index in [1.165, 1.54) is 0 Å². The van der Waals surface area contributed by atoms with Gasteiger partial charge >= 0.3 is 0 Å². The summed E-state index contributed by atoms with van der Waals surface area (Å²) in [5, 5.41) is 4.23. The number of hydrazine groups is 1. The van der Waals surface area contributed by atoms with Crippen molar-refractivity contribution in [1.29, 1.82) is 0 Å². The summed E-state index contributed by atoms with van der Waals surface area (Å²) in [5.74, 6) is 8.17. The van der Waals surface area contributed by atoms with E-state index in [0.717, 1.165) is 22.1 Å². The zero-order valence-corrected chi connectivity index (χ0v) is 12.8. The number of para-hydroxylation sites is 1. The van der Waals surface area contributed by atoms with Crippen molar-refractivity contribution in [2.75, 3.05) is 12.9 Å². The molecular weight excluding hydrogens is 288 g/mol. The third-order valence-corrected chi connectivity index (χ3v) is 4.69. The number of methoxy groups -OCH3 is 1. The van der Waals surface area contributed by atoms with E-state index in [0.29, 0.717) is 5.75 Å². The van der Waals surface area contributed by atoms with Gasteiger partial charge in [0.15, 0.2) is 5.75 Å². The average molecular weight is 306 g/mol. The Bertz CT molecular complexity index is 631. The van der Waals surface area contributed by atoms with Crippen LogP contribution in [0.4, 0.5) is 0 Å². The minimum Gasteiger partial charge on any atom is -0.493 e. The Hall–Kier alpha value is -1.70. The second kappa shape index (κ2) is 5.97. The highest BCUT2D eigenvalue weighted by Crippen LogP contribution is 2.39. The Balaban J connectivity index is 1.90. The van der Waals surface area contributed by atoms with Gasteiger partial charge in [0.05, 0.1) is 13.3 Å². The first-order valence-electron chi connectivity index (χ1n) is 6.65. The van der Waals surface area contributed by atoms with Crippen molar-refractivity contribution in [3.63, 3.8) is 0 Å². The van der Waals surface area contributed by atoms with Crippen molar-refractivity contribution in [1.82, 2.24) is 15.2 Å². The monoisotopic (exact) mass is 306 g/mol. The van der Waals surface area contributed by atoms with Gasteiger partial charge < -0.3 is 9.47 Å². The smallest absolute Gasteiger partial charge is 0.161 e. The van der Waals surface area contributed by atoms with Crippen LogP contribution in [0.5, 0.6) is 11.5 Å². The predicted octanol–water partition coefficient (Wildman–Crippen LogP) is 1.49. The van der Waals surface area contributed by atoms with Gasteiger partial charge in [0.25, 0.3) is 0 Å². The average Bonchev–Trinajstić information content (AvgIpc) is 2.89. The van der Waals surface area contributed by atoms with Crippen LogP contribution in [0.2, 0.25) is 0 Å². The molecule has 0 radical (unpaired) electrons. The molecule has 1 aromatic carbocycles. The van der Waals surface area contributed by atoms with Crippen LogP contribution in [0.1, 0.15) is 11.7 Å². The first-order valence-corrected chi connectivity index (χ1v) is 7.63. The summed E-state index contributed by atoms with van der Waals surface area (Å²) in [6.07, 6.45) is 1.59. The van der Waals surface area contributed by atoms with E-state index < -0.39 is 0 Å². The molecule has 1 aromatic heterocycles. The second-order valence-electron chi connectivity index (χ2n) is 4.78. The van der Waals surface area contributed by atoms with E-state index >= 15 is 0 Å². The Labute approximate surface area is 127 Å². The zero-order valence-electron chi connectivity index (χ0n) is 11.9. The van der Waals surface area contributed by atoms with Crippen molar-refractivity contribution in [2.45, 2.75) is 17.0 Å². The van der Waals surface area contributed by atoms with Crippen molar-refractivity contribution in [3.05, 3.63) is 36.2 Å². The first kappa shape index (κ1) is 14.2. The highest BCUT2D eigenvalue weighted by atomic mass is 32.2. The molecule has 0 bridgehead atoms. The molecule has 1 aliphatic rings. The van der Waals surface area contributed by atoms with E-state index in [-0.39, 0.29) is 12.1 Å². The molecule has 21 heavy (non-hydrogen) atoms. The van der Waals surface area contributed by atoms with Crippen molar-refractivity contribution in [3.8, 4) is 11.5 Å². The second-order valence-corrected chi connectivity index (χ2v) is 5.84. The molecule has 2 unspecified atom stereocenters. The minimum atomic E-state index is -0.201. The predicted molar refractivity (Wildman–Crippen MR) is 81.4 cm³/mol. The summed E-state index contributed by atoms with van der Waals surface area (Å²) in [6.45, 7) is 0. The minimum absolute atomic E-state index is 0.0980. The largest absolute Gasteiger partial charge is 0.493 e. The fraction of sp³-hybridized carbons (Fsp3) is 0.357. The molecule has 0 saturated heterocycles. The lowest BCUT2D eigenvalue weighted by Crippen LogP contribution is -2.43. The standard InChI is InChI=1S/C14H18N4O2S/c1-18-14(10(19-2)7-16-18)13(17-15)11-8-21-12-6-4-3-5-9(12)20-11/h3-7,11,13,17H,8,15H2,1-2H3. The first-order chi connectivity index (χ1) is 10.2. The van der Waals surface area contributed by atoms with E-state index in [2.05, 4.69) is 16.6 Å². The third kappa shape index (κ3) is 2.59. The number of hydrogen-bond donors (Lipinski definition) is 2. The maximum absolute atomic E-state index is 6.10. The third-order valence-electron chi connectivity index (χ3n) is 3.55. The fourth-order valence-corrected chi connectivity index (χ4v) is 3.54. The number of aromatic nitrogens is 2. The molecule has 0 amide bonds. The van der Waals surface area contributed by atoms with E-state index in [1.54, 1.807) is 29.8 Å². The number of nitrogens with one attached hydrogen (secondary N) is 1. The van der Waals surface area contributed by atoms with Crippen LogP contribution in [0, 0.1) is 0 Å². The SMILES string of the molecule is COc1cnn(C)c1C(NN)C1CSc2ccccc2O1. The molecule has 1 aliphatic heterocycles. The van der Waals surface area contributed by atoms with Crippen molar-refractivity contribution in [2.24, 2.45) is 12.9 Å². The Morgan fingerprint density at radius 2 is 2.33 bits per heavy atom. The molecule has 0 fully saturated rings. The van der Waals surface area contributed by atoms with Gasteiger partial charge in [0.1, 0.15) is 23.6 Å². The number of nitrogens with two attached hydrogens (primary N) is 1. The van der Waals surface area contributed by atoms with Crippen LogP contribution in [0.15, 0.2) is 35.4 Å². The lowest BCUT2D eigenvalue weighted by molar-refractivity contribution is 0.160. The van der Waals surface area contributed by atoms with Crippen LogP contribution in [0.25, 0.3) is 0 Å². The summed E-state index contributed by atoms with van der Waals surface area (Å²) in [6, 6.07) is 7.82. The Kier molecular flexibility index (Phi) is 4.05. The molecule has 0 aliphatic carbocycles. The lowest BCUT2D eigenvalue weighted by atomic mass is 10.1. The quantitative estimate of drug-likeness (QED) is 0.658. The van der Waals surface area contributed by atoms with Gasteiger partial charge in [-0.1, -0.05) is 12.1 Å². The van der Waals surface area contributed by atoms with E-state index in [9.17, 15) is 0 Å². The maximum atomic E-state index is 6.10. The van der Waals surface area contributed by atoms with E-state index in [1.807, 2.05) is 25.2 Å². The number of benzene rings is 1. The van der Waals surface area contributed by atoms with Gasteiger partial charge in [-0.2, -0.15) is 5.10 Å². The van der Waals surface area contributed by atoms with Crippen molar-refractivity contribution < 1.29 is 9.47 Å². The number of fused-ring (bicyclic) bond motifs is 1. The van der Waals surface area contributed by atoms with Crippen LogP contribution in [0.3, 0.4) is 0 Å². The highest BCUT2D eigenvalue weighted by Gasteiger charge is 2.32. The van der Waals surface area contributed by atoms with Gasteiger partial charge in [-0.15, -0.1) is 11.8 Å². The van der Waals surface area contributed by atoms with Crippen molar-refractivity contribution >= 4 is 11.8 Å². The molecule has 3 rings (SSSR count). The molecule has 112 valence electrons. The van der Waals surface area contributed by atoms with Crippen LogP contribution in [-0.4, -0.2) is 28.7 Å². The van der Waals surface area contributed by atoms with Gasteiger partial charge in [-0.3, -0.25) is 10.5 Å². The van der Waals surface area contributed by atoms with Gasteiger partial charge in [0.2, 0.25) is 0 Å². The summed E-state index contributed by atoms with van der Waals surface area (Å²) < 4.78 is 13.2. The molecule has 2 atom stereocenters. The molecule has 7 heteroatoms. The molecule has 2 aromatic rings. The molecule has 2 heterocycles. The summed E-state index contributed by atoms with van der Waals surface area (Å²) in [5.41, 5.74) is 3.72. The number of aryl methyl sites for hydroxylation is 1. The van der Waals surface area contributed by atoms with Gasteiger partial charge in [0, 0.05) is 17.7 Å². The molecular formula is C14H18N4O2S. The summed E-state index contributed by atoms with van der Waals surface area (Å²) in [4.78, 5) is 1.15. The lowest BCUT2D eigenvalue weighted by Gasteiger charge is -2.31. The summed E-state index contributed by atoms with van der Waals surface area (Å²) in [7, 11) is 3.49. The number of ether oxygens (including phenoxy) is 2. The van der Waals surface area contributed by atoms with Gasteiger partial charge in [-0.25, -0.2) is 5.43 Å². The van der Waals surface area contributed by atoms with E-state index in [4.69, 9.17) is 15.3 Å². The maximum Gasteiger partial charge on any atom is 0.161 e.